The molecule has 0 aromatic heterocycles. The van der Waals surface area contributed by atoms with Crippen LogP contribution in [0.4, 0.5) is 5.69 Å². The third-order valence-electron chi connectivity index (χ3n) is 2.49. The van der Waals surface area contributed by atoms with Gasteiger partial charge in [-0.05, 0) is 17.0 Å². The molecule has 0 heterocycles. The third-order valence-corrected chi connectivity index (χ3v) is 2.49. The Balaban J connectivity index is 3.15. The van der Waals surface area contributed by atoms with Crippen LogP contribution in [0, 0.1) is 0 Å². The molecule has 0 saturated carbocycles. The van der Waals surface area contributed by atoms with Crippen molar-refractivity contribution in [3.8, 4) is 0 Å². The second kappa shape index (κ2) is 3.39. The van der Waals surface area contributed by atoms with Crippen molar-refractivity contribution in [1.29, 1.82) is 0 Å². The molecule has 0 aliphatic heterocycles. The molecular formula is C13H22N+. The Kier molecular flexibility index (Phi) is 2.73. The summed E-state index contributed by atoms with van der Waals surface area (Å²) in [6.45, 7) is 6.76. The number of quaternary nitrogens is 1. The molecule has 0 saturated heterocycles. The molecule has 0 radical (unpaired) electrons. The Morgan fingerprint density at radius 3 is 2.00 bits per heavy atom. The van der Waals surface area contributed by atoms with Gasteiger partial charge in [0.05, 0.1) is 21.1 Å². The van der Waals surface area contributed by atoms with Crippen molar-refractivity contribution in [1.82, 2.24) is 4.48 Å². The second-order valence-corrected chi connectivity index (χ2v) is 5.81. The normalized spacial score (nSPS) is 13.0. The second-order valence-electron chi connectivity index (χ2n) is 5.81. The predicted octanol–water partition coefficient (Wildman–Crippen LogP) is 3.18. The van der Waals surface area contributed by atoms with E-state index in [1.807, 2.05) is 0 Å². The maximum Gasteiger partial charge on any atom is 0.132 e. The standard InChI is InChI=1S/C13H22N/c1-13(2,3)11-8-7-9-12(10-11)14(4,5)6/h7-10H,1-6H3/q+1. The van der Waals surface area contributed by atoms with Crippen LogP contribution >= 0.6 is 0 Å². The molecule has 1 aromatic rings. The SMILES string of the molecule is CC(C)(C)c1cccc([N+](C)(C)C)c1. The number of hydrogen-bond acceptors (Lipinski definition) is 0. The first-order valence-electron chi connectivity index (χ1n) is 5.14. The summed E-state index contributed by atoms with van der Waals surface area (Å²) in [5, 5.41) is 0. The Morgan fingerprint density at radius 1 is 1.00 bits per heavy atom. The van der Waals surface area contributed by atoms with Crippen LogP contribution in [-0.2, 0) is 5.41 Å². The van der Waals surface area contributed by atoms with E-state index in [0.29, 0.717) is 0 Å². The van der Waals surface area contributed by atoms with Crippen LogP contribution in [0.3, 0.4) is 0 Å². The van der Waals surface area contributed by atoms with Gasteiger partial charge in [-0.2, -0.15) is 0 Å². The maximum atomic E-state index is 2.31. The monoisotopic (exact) mass is 192 g/mol. The van der Waals surface area contributed by atoms with Gasteiger partial charge in [-0.25, -0.2) is 0 Å². The molecule has 1 heteroatoms. The van der Waals surface area contributed by atoms with Gasteiger partial charge in [0.25, 0.3) is 0 Å². The summed E-state index contributed by atoms with van der Waals surface area (Å²) in [7, 11) is 6.59. The van der Waals surface area contributed by atoms with E-state index < -0.39 is 0 Å². The van der Waals surface area contributed by atoms with Gasteiger partial charge in [0.1, 0.15) is 5.69 Å². The fraction of sp³-hybridized carbons (Fsp3) is 0.538. The van der Waals surface area contributed by atoms with E-state index in [1.54, 1.807) is 0 Å². The van der Waals surface area contributed by atoms with Gasteiger partial charge in [-0.1, -0.05) is 32.9 Å². The smallest absolute Gasteiger partial charge is 0.132 e. The van der Waals surface area contributed by atoms with Gasteiger partial charge in [0.15, 0.2) is 0 Å². The zero-order valence-corrected chi connectivity index (χ0v) is 10.3. The van der Waals surface area contributed by atoms with Crippen LogP contribution in [-0.4, -0.2) is 21.1 Å². The van der Waals surface area contributed by atoms with E-state index in [0.717, 1.165) is 4.48 Å². The van der Waals surface area contributed by atoms with Gasteiger partial charge >= 0.3 is 0 Å². The first-order chi connectivity index (χ1) is 6.21. The highest BCUT2D eigenvalue weighted by atomic mass is 15.3. The van der Waals surface area contributed by atoms with Crippen LogP contribution in [0.1, 0.15) is 26.3 Å². The first-order valence-corrected chi connectivity index (χ1v) is 5.14. The third kappa shape index (κ3) is 2.58. The predicted molar refractivity (Wildman–Crippen MR) is 64.7 cm³/mol. The average Bonchev–Trinajstić information content (AvgIpc) is 2.01. The lowest BCUT2D eigenvalue weighted by Crippen LogP contribution is -2.35. The molecule has 1 rings (SSSR count). The number of benzene rings is 1. The molecule has 0 atom stereocenters. The highest BCUT2D eigenvalue weighted by Gasteiger charge is 2.18. The largest absolute Gasteiger partial charge is 0.298 e. The lowest BCUT2D eigenvalue weighted by Gasteiger charge is -2.26. The van der Waals surface area contributed by atoms with Crippen molar-refractivity contribution in [2.75, 3.05) is 21.1 Å². The number of hydrogen-bond donors (Lipinski definition) is 0. The summed E-state index contributed by atoms with van der Waals surface area (Å²) in [4.78, 5) is 0. The zero-order chi connectivity index (χ0) is 11.0. The Morgan fingerprint density at radius 2 is 1.57 bits per heavy atom. The number of rotatable bonds is 1. The van der Waals surface area contributed by atoms with Crippen LogP contribution in [0.2, 0.25) is 0 Å². The lowest BCUT2D eigenvalue weighted by atomic mass is 9.87. The first kappa shape index (κ1) is 11.3. The minimum absolute atomic E-state index is 0.241. The Labute approximate surface area is 88.0 Å². The topological polar surface area (TPSA) is 0 Å². The van der Waals surface area contributed by atoms with Gasteiger partial charge in [-0.3, -0.25) is 4.48 Å². The quantitative estimate of drug-likeness (QED) is 0.599. The van der Waals surface area contributed by atoms with E-state index in [-0.39, 0.29) is 5.41 Å². The molecule has 0 bridgehead atoms. The summed E-state index contributed by atoms with van der Waals surface area (Å²) in [5.74, 6) is 0. The molecular weight excluding hydrogens is 170 g/mol. The van der Waals surface area contributed by atoms with Crippen molar-refractivity contribution in [2.45, 2.75) is 26.2 Å². The van der Waals surface area contributed by atoms with E-state index in [1.165, 1.54) is 11.3 Å². The van der Waals surface area contributed by atoms with Crippen molar-refractivity contribution < 1.29 is 0 Å². The van der Waals surface area contributed by atoms with Crippen LogP contribution in [0.25, 0.3) is 0 Å². The van der Waals surface area contributed by atoms with Crippen LogP contribution in [0.5, 0.6) is 0 Å². The van der Waals surface area contributed by atoms with Crippen LogP contribution in [0.15, 0.2) is 24.3 Å². The fourth-order valence-corrected chi connectivity index (χ4v) is 1.39. The van der Waals surface area contributed by atoms with Crippen LogP contribution < -0.4 is 4.48 Å². The highest BCUT2D eigenvalue weighted by molar-refractivity contribution is 5.45. The summed E-state index contributed by atoms with van der Waals surface area (Å²) in [6.07, 6.45) is 0. The van der Waals surface area contributed by atoms with Gasteiger partial charge in [0, 0.05) is 6.07 Å². The van der Waals surface area contributed by atoms with E-state index in [9.17, 15) is 0 Å². The Hall–Kier alpha value is -0.820. The van der Waals surface area contributed by atoms with Gasteiger partial charge < -0.3 is 0 Å². The molecule has 0 unspecified atom stereocenters. The molecule has 1 aromatic carbocycles. The van der Waals surface area contributed by atoms with Crippen molar-refractivity contribution in [3.05, 3.63) is 29.8 Å². The minimum atomic E-state index is 0.241. The summed E-state index contributed by atoms with van der Waals surface area (Å²) in [5.41, 5.74) is 3.01. The lowest BCUT2D eigenvalue weighted by molar-refractivity contribution is 0.483. The minimum Gasteiger partial charge on any atom is -0.298 e. The maximum absolute atomic E-state index is 2.31. The van der Waals surface area contributed by atoms with E-state index in [2.05, 4.69) is 66.2 Å². The molecule has 0 aliphatic rings. The fourth-order valence-electron chi connectivity index (χ4n) is 1.39. The molecule has 0 spiro atoms. The molecule has 0 N–H and O–H groups in total. The molecule has 78 valence electrons. The average molecular weight is 192 g/mol. The molecule has 1 nitrogen and oxygen atoms in total. The summed E-state index contributed by atoms with van der Waals surface area (Å²) in [6, 6.07) is 8.85. The molecule has 0 amide bonds. The van der Waals surface area contributed by atoms with E-state index >= 15 is 0 Å². The highest BCUT2D eigenvalue weighted by Crippen LogP contribution is 2.27. The van der Waals surface area contributed by atoms with Gasteiger partial charge in [-0.15, -0.1) is 0 Å². The summed E-state index contributed by atoms with van der Waals surface area (Å²) < 4.78 is 0.879. The molecule has 14 heavy (non-hydrogen) atoms. The number of nitrogens with zero attached hydrogens (tertiary/aromatic N) is 1. The van der Waals surface area contributed by atoms with Crippen molar-refractivity contribution in [3.63, 3.8) is 0 Å². The van der Waals surface area contributed by atoms with E-state index in [4.69, 9.17) is 0 Å². The zero-order valence-electron chi connectivity index (χ0n) is 10.3. The molecule has 0 fully saturated rings. The Bertz CT molecular complexity index is 283. The molecule has 0 aliphatic carbocycles. The van der Waals surface area contributed by atoms with Crippen molar-refractivity contribution in [2.24, 2.45) is 0 Å². The summed E-state index contributed by atoms with van der Waals surface area (Å²) >= 11 is 0. The van der Waals surface area contributed by atoms with Crippen molar-refractivity contribution >= 4 is 5.69 Å². The van der Waals surface area contributed by atoms with Gasteiger partial charge in [0.2, 0.25) is 0 Å².